The lowest BCUT2D eigenvalue weighted by Gasteiger charge is -2.65. The zero-order chi connectivity index (χ0) is 18.6. The molecule has 2 aliphatic heterocycles. The van der Waals surface area contributed by atoms with Gasteiger partial charge in [-0.2, -0.15) is 0 Å². The van der Waals surface area contributed by atoms with E-state index in [1.165, 1.54) is 12.0 Å². The molecule has 2 nitrogen and oxygen atoms in total. The molecule has 2 heteroatoms. The van der Waals surface area contributed by atoms with Crippen LogP contribution >= 0.6 is 0 Å². The summed E-state index contributed by atoms with van der Waals surface area (Å²) in [7, 11) is 0. The van der Waals surface area contributed by atoms with E-state index in [0.717, 1.165) is 25.8 Å². The van der Waals surface area contributed by atoms with Crippen molar-refractivity contribution in [3.05, 3.63) is 71.3 Å². The Bertz CT molecular complexity index is 860. The summed E-state index contributed by atoms with van der Waals surface area (Å²) in [6, 6.07) is 20.9. The summed E-state index contributed by atoms with van der Waals surface area (Å²) in [6.07, 6.45) is 4.54. The number of carbonyl (C=O) groups is 1. The topological polar surface area (TPSA) is 20.3 Å². The maximum Gasteiger partial charge on any atom is 0.134 e. The van der Waals surface area contributed by atoms with Gasteiger partial charge in [0.1, 0.15) is 5.78 Å². The van der Waals surface area contributed by atoms with E-state index < -0.39 is 0 Å². The maximum atomic E-state index is 12.5. The fourth-order valence-corrected chi connectivity index (χ4v) is 6.72. The van der Waals surface area contributed by atoms with Crippen molar-refractivity contribution in [3.8, 4) is 0 Å². The largest absolute Gasteiger partial charge is 0.300 e. The highest BCUT2D eigenvalue weighted by Crippen LogP contribution is 2.60. The molecule has 6 rings (SSSR count). The molecule has 3 fully saturated rings. The van der Waals surface area contributed by atoms with E-state index in [1.54, 1.807) is 11.1 Å². The SMILES string of the molecule is CC[C@@]12CC3C(C(C)=O)CC1C(Cc1ccccc12)N3Cc1ccccc1. The third-order valence-corrected chi connectivity index (χ3v) is 7.92. The van der Waals surface area contributed by atoms with Crippen molar-refractivity contribution in [1.82, 2.24) is 4.90 Å². The van der Waals surface area contributed by atoms with Gasteiger partial charge in [0.05, 0.1) is 0 Å². The highest BCUT2D eigenvalue weighted by Gasteiger charge is 2.61. The van der Waals surface area contributed by atoms with Gasteiger partial charge in [-0.05, 0) is 55.2 Å². The number of ketones is 1. The smallest absolute Gasteiger partial charge is 0.134 e. The Balaban J connectivity index is 1.60. The molecule has 5 atom stereocenters. The first-order chi connectivity index (χ1) is 13.1. The number of hydrogen-bond acceptors (Lipinski definition) is 2. The van der Waals surface area contributed by atoms with Crippen LogP contribution in [0, 0.1) is 11.8 Å². The molecular formula is C25H29NO. The molecule has 4 aliphatic rings. The van der Waals surface area contributed by atoms with Gasteiger partial charge in [0.25, 0.3) is 0 Å². The first kappa shape index (κ1) is 17.2. The van der Waals surface area contributed by atoms with E-state index in [1.807, 2.05) is 6.92 Å². The molecule has 1 saturated carbocycles. The molecule has 2 saturated heterocycles. The molecular weight excluding hydrogens is 330 g/mol. The Morgan fingerprint density at radius 1 is 1.07 bits per heavy atom. The molecule has 0 N–H and O–H groups in total. The second kappa shape index (κ2) is 6.31. The van der Waals surface area contributed by atoms with Gasteiger partial charge >= 0.3 is 0 Å². The Morgan fingerprint density at radius 3 is 2.56 bits per heavy atom. The lowest BCUT2D eigenvalue weighted by molar-refractivity contribution is -0.144. The van der Waals surface area contributed by atoms with Crippen molar-refractivity contribution in [2.45, 2.75) is 63.6 Å². The molecule has 2 aromatic carbocycles. The quantitative estimate of drug-likeness (QED) is 0.784. The summed E-state index contributed by atoms with van der Waals surface area (Å²) in [5, 5.41) is 0. The van der Waals surface area contributed by atoms with Crippen molar-refractivity contribution >= 4 is 5.78 Å². The standard InChI is InChI=1S/C25H29NO/c1-3-25-15-24-20(17(2)27)14-22(25)23(13-19-11-7-8-12-21(19)25)26(24)16-18-9-5-4-6-10-18/h4-12,20,22-24H,3,13-16H2,1-2H3/t20?,22?,23?,24?,25-/m0/s1. The van der Waals surface area contributed by atoms with Gasteiger partial charge in [0.2, 0.25) is 0 Å². The summed E-state index contributed by atoms with van der Waals surface area (Å²) in [5.41, 5.74) is 4.76. The second-order valence-electron chi connectivity index (χ2n) is 8.93. The highest BCUT2D eigenvalue weighted by molar-refractivity contribution is 5.79. The fraction of sp³-hybridized carbons (Fsp3) is 0.480. The number of rotatable bonds is 4. The predicted molar refractivity (Wildman–Crippen MR) is 109 cm³/mol. The number of carbonyl (C=O) groups excluding carboxylic acids is 1. The zero-order valence-corrected chi connectivity index (χ0v) is 16.4. The number of hydrogen-bond donors (Lipinski definition) is 0. The number of benzene rings is 2. The molecule has 140 valence electrons. The van der Waals surface area contributed by atoms with E-state index in [0.29, 0.717) is 23.8 Å². The van der Waals surface area contributed by atoms with Crippen LogP contribution in [0.4, 0.5) is 0 Å². The van der Waals surface area contributed by atoms with Crippen LogP contribution in [0.3, 0.4) is 0 Å². The van der Waals surface area contributed by atoms with E-state index in [9.17, 15) is 4.79 Å². The monoisotopic (exact) mass is 359 g/mol. The van der Waals surface area contributed by atoms with Gasteiger partial charge in [-0.25, -0.2) is 0 Å². The Morgan fingerprint density at radius 2 is 1.81 bits per heavy atom. The average molecular weight is 360 g/mol. The number of nitrogens with zero attached hydrogens (tertiary/aromatic N) is 1. The minimum atomic E-state index is 0.208. The van der Waals surface area contributed by atoms with Crippen LogP contribution in [-0.4, -0.2) is 22.8 Å². The molecule has 0 radical (unpaired) electrons. The summed E-state index contributed by atoms with van der Waals surface area (Å²) in [5.74, 6) is 1.19. The third kappa shape index (κ3) is 2.46. The van der Waals surface area contributed by atoms with Crippen molar-refractivity contribution < 1.29 is 4.79 Å². The first-order valence-electron chi connectivity index (χ1n) is 10.5. The molecule has 2 aliphatic carbocycles. The van der Waals surface area contributed by atoms with Gasteiger partial charge in [0.15, 0.2) is 0 Å². The summed E-state index contributed by atoms with van der Waals surface area (Å²) < 4.78 is 0. The lowest BCUT2D eigenvalue weighted by atomic mass is 9.48. The average Bonchev–Trinajstić information content (AvgIpc) is 2.70. The van der Waals surface area contributed by atoms with Gasteiger partial charge in [-0.15, -0.1) is 0 Å². The zero-order valence-electron chi connectivity index (χ0n) is 16.4. The van der Waals surface area contributed by atoms with Crippen LogP contribution in [0.5, 0.6) is 0 Å². The van der Waals surface area contributed by atoms with Crippen molar-refractivity contribution in [2.75, 3.05) is 0 Å². The highest BCUT2D eigenvalue weighted by atomic mass is 16.1. The number of Topliss-reactive ketones (excluding diaryl/α,β-unsaturated/α-hetero) is 1. The molecule has 4 unspecified atom stereocenters. The van der Waals surface area contributed by atoms with E-state index in [2.05, 4.69) is 66.4 Å². The van der Waals surface area contributed by atoms with Crippen LogP contribution in [-0.2, 0) is 23.2 Å². The number of piperidine rings is 2. The fourth-order valence-electron chi connectivity index (χ4n) is 6.72. The van der Waals surface area contributed by atoms with Crippen LogP contribution in [0.15, 0.2) is 54.6 Å². The molecule has 2 heterocycles. The third-order valence-electron chi connectivity index (χ3n) is 7.92. The van der Waals surface area contributed by atoms with Gasteiger partial charge in [-0.3, -0.25) is 9.69 Å². The molecule has 4 bridgehead atoms. The molecule has 27 heavy (non-hydrogen) atoms. The summed E-state index contributed by atoms with van der Waals surface area (Å²) in [6.45, 7) is 5.15. The maximum absolute atomic E-state index is 12.5. The van der Waals surface area contributed by atoms with Gasteiger partial charge in [-0.1, -0.05) is 61.5 Å². The van der Waals surface area contributed by atoms with Crippen molar-refractivity contribution in [3.63, 3.8) is 0 Å². The Labute approximate surface area is 162 Å². The van der Waals surface area contributed by atoms with E-state index >= 15 is 0 Å². The van der Waals surface area contributed by atoms with E-state index in [-0.39, 0.29) is 11.3 Å². The lowest BCUT2D eigenvalue weighted by Crippen LogP contribution is -2.69. The predicted octanol–water partition coefficient (Wildman–Crippen LogP) is 4.76. The van der Waals surface area contributed by atoms with Gasteiger partial charge < -0.3 is 0 Å². The van der Waals surface area contributed by atoms with Crippen molar-refractivity contribution in [2.24, 2.45) is 11.8 Å². The summed E-state index contributed by atoms with van der Waals surface area (Å²) in [4.78, 5) is 15.2. The molecule has 0 aromatic heterocycles. The molecule has 0 amide bonds. The molecule has 0 spiro atoms. The minimum Gasteiger partial charge on any atom is -0.300 e. The minimum absolute atomic E-state index is 0.208. The first-order valence-corrected chi connectivity index (χ1v) is 10.5. The normalized spacial score (nSPS) is 34.3. The van der Waals surface area contributed by atoms with Crippen LogP contribution in [0.2, 0.25) is 0 Å². The Hall–Kier alpha value is -1.93. The summed E-state index contributed by atoms with van der Waals surface area (Å²) >= 11 is 0. The van der Waals surface area contributed by atoms with Gasteiger partial charge in [0, 0.05) is 30.0 Å². The van der Waals surface area contributed by atoms with E-state index in [4.69, 9.17) is 0 Å². The van der Waals surface area contributed by atoms with Crippen LogP contribution in [0.25, 0.3) is 0 Å². The van der Waals surface area contributed by atoms with Crippen LogP contribution in [0.1, 0.15) is 49.8 Å². The van der Waals surface area contributed by atoms with Crippen LogP contribution < -0.4 is 0 Å². The molecule has 2 aromatic rings. The Kier molecular flexibility index (Phi) is 4.01. The number of fused-ring (bicyclic) bond motifs is 2. The van der Waals surface area contributed by atoms with Crippen molar-refractivity contribution in [1.29, 1.82) is 0 Å². The second-order valence-corrected chi connectivity index (χ2v) is 8.93.